The van der Waals surface area contributed by atoms with E-state index in [1.165, 1.54) is 11.6 Å². The van der Waals surface area contributed by atoms with E-state index in [2.05, 4.69) is 15.3 Å². The Morgan fingerprint density at radius 2 is 2.00 bits per heavy atom. The minimum Gasteiger partial charge on any atom is -0.479 e. The lowest BCUT2D eigenvalue weighted by Crippen LogP contribution is -2.52. The van der Waals surface area contributed by atoms with E-state index in [0.717, 1.165) is 6.42 Å². The molecule has 1 heterocycles. The highest BCUT2D eigenvalue weighted by molar-refractivity contribution is 6.29. The first kappa shape index (κ1) is 17.1. The van der Waals surface area contributed by atoms with Crippen LogP contribution in [0.1, 0.15) is 11.4 Å². The summed E-state index contributed by atoms with van der Waals surface area (Å²) in [5, 5.41) is 12.4. The average Bonchev–Trinajstić information content (AvgIpc) is 2.54. The van der Waals surface area contributed by atoms with Crippen molar-refractivity contribution in [2.45, 2.75) is 12.0 Å². The fraction of sp³-hybridized carbons (Fsp3) is 0.267. The van der Waals surface area contributed by atoms with E-state index in [0.29, 0.717) is 12.4 Å². The summed E-state index contributed by atoms with van der Waals surface area (Å²) < 4.78 is 0. The zero-order valence-corrected chi connectivity index (χ0v) is 13.1. The molecule has 2 aromatic rings. The molecule has 7 nitrogen and oxygen atoms in total. The smallest absolute Gasteiger partial charge is 0.333 e. The summed E-state index contributed by atoms with van der Waals surface area (Å²) in [7, 11) is 0. The fourth-order valence-electron chi connectivity index (χ4n) is 1.96. The number of carbonyl (C=O) groups is 1. The van der Waals surface area contributed by atoms with E-state index in [-0.39, 0.29) is 17.5 Å². The lowest BCUT2D eigenvalue weighted by atomic mass is 10.0. The Balaban J connectivity index is 2.13. The summed E-state index contributed by atoms with van der Waals surface area (Å²) in [6, 6.07) is 11.4. The summed E-state index contributed by atoms with van der Waals surface area (Å²) in [5.41, 5.74) is 10.5. The topological polar surface area (TPSA) is 127 Å². The van der Waals surface area contributed by atoms with Gasteiger partial charge in [-0.3, -0.25) is 0 Å². The lowest BCUT2D eigenvalue weighted by Gasteiger charge is -2.21. The highest BCUT2D eigenvalue weighted by atomic mass is 35.5. The quantitative estimate of drug-likeness (QED) is 0.555. The number of aliphatic carboxylic acids is 1. The number of halogens is 1. The van der Waals surface area contributed by atoms with Crippen LogP contribution in [0.15, 0.2) is 36.4 Å². The largest absolute Gasteiger partial charge is 0.479 e. The van der Waals surface area contributed by atoms with Crippen LogP contribution < -0.4 is 16.8 Å². The maximum atomic E-state index is 11.3. The van der Waals surface area contributed by atoms with Crippen molar-refractivity contribution in [2.24, 2.45) is 11.5 Å². The highest BCUT2D eigenvalue weighted by Crippen LogP contribution is 2.19. The van der Waals surface area contributed by atoms with Gasteiger partial charge < -0.3 is 21.9 Å². The van der Waals surface area contributed by atoms with Gasteiger partial charge in [-0.2, -0.15) is 0 Å². The molecule has 0 aliphatic carbocycles. The molecule has 8 heteroatoms. The van der Waals surface area contributed by atoms with E-state index >= 15 is 0 Å². The number of hydrogen-bond acceptors (Lipinski definition) is 6. The molecule has 0 spiro atoms. The van der Waals surface area contributed by atoms with Crippen molar-refractivity contribution in [3.63, 3.8) is 0 Å². The Hall–Kier alpha value is -2.22. The standard InChI is InChI=1S/C15H18ClN5O2/c16-11-8-12(19-7-6-10-4-2-1-3-5-10)21-13(20-11)15(18,9-17)14(22)23/h1-5,8H,6-7,9,17-18H2,(H,22,23)(H,19,20,21)/t15-/m1/s1. The molecular weight excluding hydrogens is 318 g/mol. The van der Waals surface area contributed by atoms with Gasteiger partial charge in [0.2, 0.25) is 0 Å². The van der Waals surface area contributed by atoms with Gasteiger partial charge in [0.15, 0.2) is 11.4 Å². The van der Waals surface area contributed by atoms with Crippen LogP contribution in [0, 0.1) is 0 Å². The molecular formula is C15H18ClN5O2. The van der Waals surface area contributed by atoms with Crippen molar-refractivity contribution in [3.05, 3.63) is 52.9 Å². The molecule has 0 aliphatic heterocycles. The van der Waals surface area contributed by atoms with E-state index in [1.807, 2.05) is 30.3 Å². The van der Waals surface area contributed by atoms with Crippen LogP contribution in [0.25, 0.3) is 0 Å². The number of carboxylic acids is 1. The van der Waals surface area contributed by atoms with Gasteiger partial charge in [0.25, 0.3) is 0 Å². The van der Waals surface area contributed by atoms with Crippen molar-refractivity contribution in [3.8, 4) is 0 Å². The van der Waals surface area contributed by atoms with E-state index in [4.69, 9.17) is 23.1 Å². The number of hydrogen-bond donors (Lipinski definition) is 4. The van der Waals surface area contributed by atoms with Gasteiger partial charge in [-0.1, -0.05) is 41.9 Å². The zero-order chi connectivity index (χ0) is 16.9. The normalized spacial score (nSPS) is 13.3. The molecule has 122 valence electrons. The van der Waals surface area contributed by atoms with Crippen molar-refractivity contribution in [1.29, 1.82) is 0 Å². The van der Waals surface area contributed by atoms with Gasteiger partial charge in [0.05, 0.1) is 0 Å². The van der Waals surface area contributed by atoms with Crippen LogP contribution >= 0.6 is 11.6 Å². The van der Waals surface area contributed by atoms with Gasteiger partial charge in [0, 0.05) is 19.2 Å². The Morgan fingerprint density at radius 3 is 2.61 bits per heavy atom. The van der Waals surface area contributed by atoms with Gasteiger partial charge in [-0.25, -0.2) is 14.8 Å². The molecule has 6 N–H and O–H groups in total. The van der Waals surface area contributed by atoms with Crippen LogP contribution in [0.5, 0.6) is 0 Å². The summed E-state index contributed by atoms with van der Waals surface area (Å²) in [4.78, 5) is 19.4. The first-order valence-electron chi connectivity index (χ1n) is 7.01. The molecule has 1 aromatic carbocycles. The van der Waals surface area contributed by atoms with E-state index in [1.54, 1.807) is 0 Å². The third-order valence-electron chi connectivity index (χ3n) is 3.36. The van der Waals surface area contributed by atoms with Gasteiger partial charge in [-0.05, 0) is 12.0 Å². The first-order valence-corrected chi connectivity index (χ1v) is 7.38. The second kappa shape index (κ2) is 7.36. The maximum absolute atomic E-state index is 11.3. The SMILES string of the molecule is NC[C@](N)(C(=O)O)c1nc(Cl)cc(NCCc2ccccc2)n1. The third kappa shape index (κ3) is 4.16. The average molecular weight is 336 g/mol. The molecule has 1 aromatic heterocycles. The number of aromatic nitrogens is 2. The fourth-order valence-corrected chi connectivity index (χ4v) is 2.14. The van der Waals surface area contributed by atoms with Gasteiger partial charge in [-0.15, -0.1) is 0 Å². The van der Waals surface area contributed by atoms with Gasteiger partial charge >= 0.3 is 5.97 Å². The number of nitrogens with one attached hydrogen (secondary N) is 1. The summed E-state index contributed by atoms with van der Waals surface area (Å²) in [6.45, 7) is 0.260. The molecule has 0 radical (unpaired) electrons. The van der Waals surface area contributed by atoms with Crippen molar-refractivity contribution < 1.29 is 9.90 Å². The molecule has 0 fully saturated rings. The van der Waals surface area contributed by atoms with Crippen LogP contribution in [0.3, 0.4) is 0 Å². The number of nitrogens with zero attached hydrogens (tertiary/aromatic N) is 2. The molecule has 23 heavy (non-hydrogen) atoms. The number of benzene rings is 1. The minimum atomic E-state index is -1.87. The Bertz CT molecular complexity index is 683. The number of rotatable bonds is 7. The number of anilines is 1. The summed E-state index contributed by atoms with van der Waals surface area (Å²) in [6.07, 6.45) is 0.779. The molecule has 0 saturated heterocycles. The zero-order valence-electron chi connectivity index (χ0n) is 12.4. The second-order valence-corrected chi connectivity index (χ2v) is 5.43. The third-order valence-corrected chi connectivity index (χ3v) is 3.55. The molecule has 1 atom stereocenters. The first-order chi connectivity index (χ1) is 11.0. The second-order valence-electron chi connectivity index (χ2n) is 5.04. The maximum Gasteiger partial charge on any atom is 0.333 e. The predicted octanol–water partition coefficient (Wildman–Crippen LogP) is 0.982. The number of nitrogens with two attached hydrogens (primary N) is 2. The summed E-state index contributed by atoms with van der Waals surface area (Å²) in [5.74, 6) is -1.03. The molecule has 0 aliphatic rings. The van der Waals surface area contributed by atoms with Crippen LogP contribution in [0.4, 0.5) is 5.82 Å². The van der Waals surface area contributed by atoms with Crippen LogP contribution in [0.2, 0.25) is 5.15 Å². The minimum absolute atomic E-state index is 0.0988. The van der Waals surface area contributed by atoms with E-state index < -0.39 is 11.5 Å². The summed E-state index contributed by atoms with van der Waals surface area (Å²) >= 11 is 5.93. The molecule has 0 bridgehead atoms. The molecule has 0 saturated carbocycles. The molecule has 0 amide bonds. The highest BCUT2D eigenvalue weighted by Gasteiger charge is 2.38. The van der Waals surface area contributed by atoms with Crippen molar-refractivity contribution >= 4 is 23.4 Å². The Morgan fingerprint density at radius 1 is 1.30 bits per heavy atom. The van der Waals surface area contributed by atoms with Crippen LogP contribution in [-0.2, 0) is 16.8 Å². The van der Waals surface area contributed by atoms with Crippen molar-refractivity contribution in [2.75, 3.05) is 18.4 Å². The molecule has 2 rings (SSSR count). The Labute approximate surface area is 138 Å². The number of carboxylic acid groups (broad SMARTS) is 1. The van der Waals surface area contributed by atoms with Crippen molar-refractivity contribution in [1.82, 2.24) is 9.97 Å². The van der Waals surface area contributed by atoms with E-state index in [9.17, 15) is 9.90 Å². The monoisotopic (exact) mass is 335 g/mol. The predicted molar refractivity (Wildman–Crippen MR) is 88.2 cm³/mol. The van der Waals surface area contributed by atoms with Crippen LogP contribution in [-0.4, -0.2) is 34.1 Å². The van der Waals surface area contributed by atoms with Gasteiger partial charge in [0.1, 0.15) is 11.0 Å². The lowest BCUT2D eigenvalue weighted by molar-refractivity contribution is -0.143. The molecule has 0 unspecified atom stereocenters. The Kier molecular flexibility index (Phi) is 5.49.